The lowest BCUT2D eigenvalue weighted by Crippen LogP contribution is -2.43. The zero-order valence-corrected chi connectivity index (χ0v) is 14.6. The molecular formula is C15H29N3O3S. The molecule has 0 aliphatic carbocycles. The van der Waals surface area contributed by atoms with Gasteiger partial charge >= 0.3 is 0 Å². The number of carbonyl (C=O) groups is 1. The van der Waals surface area contributed by atoms with Gasteiger partial charge in [0.05, 0.1) is 6.26 Å². The molecule has 0 unspecified atom stereocenters. The van der Waals surface area contributed by atoms with E-state index in [-0.39, 0.29) is 11.8 Å². The molecule has 2 aliphatic rings. The van der Waals surface area contributed by atoms with Gasteiger partial charge in [-0.2, -0.15) is 0 Å². The zero-order valence-electron chi connectivity index (χ0n) is 13.8. The molecule has 1 N–H and O–H groups in total. The predicted molar refractivity (Wildman–Crippen MR) is 87.0 cm³/mol. The molecule has 2 fully saturated rings. The summed E-state index contributed by atoms with van der Waals surface area (Å²) in [5.74, 6) is 0.497. The Bertz CT molecular complexity index is 466. The summed E-state index contributed by atoms with van der Waals surface area (Å²) in [6.07, 6.45) is 5.06. The minimum Gasteiger partial charge on any atom is -0.356 e. The van der Waals surface area contributed by atoms with Crippen molar-refractivity contribution in [1.82, 2.24) is 14.5 Å². The second-order valence-electron chi connectivity index (χ2n) is 6.79. The highest BCUT2D eigenvalue weighted by atomic mass is 32.2. The number of nitrogens with one attached hydrogen (secondary N) is 1. The topological polar surface area (TPSA) is 69.7 Å². The van der Waals surface area contributed by atoms with Gasteiger partial charge < -0.3 is 10.2 Å². The Morgan fingerprint density at radius 2 is 1.77 bits per heavy atom. The summed E-state index contributed by atoms with van der Waals surface area (Å²) in [5.41, 5.74) is 0. The van der Waals surface area contributed by atoms with Crippen LogP contribution in [0.25, 0.3) is 0 Å². The highest BCUT2D eigenvalue weighted by molar-refractivity contribution is 7.88. The molecule has 1 amide bonds. The Balaban J connectivity index is 1.67. The van der Waals surface area contributed by atoms with E-state index in [9.17, 15) is 13.2 Å². The van der Waals surface area contributed by atoms with E-state index in [2.05, 4.69) is 17.1 Å². The number of amides is 1. The fourth-order valence-corrected chi connectivity index (χ4v) is 4.21. The summed E-state index contributed by atoms with van der Waals surface area (Å²) < 4.78 is 24.4. The van der Waals surface area contributed by atoms with E-state index >= 15 is 0 Å². The Hall–Kier alpha value is -0.660. The third-order valence-corrected chi connectivity index (χ3v) is 5.99. The number of piperidine rings is 1. The predicted octanol–water partition coefficient (Wildman–Crippen LogP) is 0.506. The van der Waals surface area contributed by atoms with Crippen LogP contribution in [-0.4, -0.2) is 69.1 Å². The number of hydrogen-bond donors (Lipinski definition) is 1. The lowest BCUT2D eigenvalue weighted by Gasteiger charge is -2.29. The fourth-order valence-electron chi connectivity index (χ4n) is 3.34. The van der Waals surface area contributed by atoms with Crippen LogP contribution in [0.15, 0.2) is 0 Å². The van der Waals surface area contributed by atoms with Crippen LogP contribution in [0.5, 0.6) is 0 Å². The second-order valence-corrected chi connectivity index (χ2v) is 8.78. The Morgan fingerprint density at radius 1 is 1.18 bits per heavy atom. The summed E-state index contributed by atoms with van der Waals surface area (Å²) in [4.78, 5) is 14.7. The van der Waals surface area contributed by atoms with E-state index in [0.29, 0.717) is 38.4 Å². The molecule has 128 valence electrons. The Kier molecular flexibility index (Phi) is 6.23. The number of hydrogen-bond acceptors (Lipinski definition) is 4. The molecule has 22 heavy (non-hydrogen) atoms. The van der Waals surface area contributed by atoms with Crippen LogP contribution < -0.4 is 5.32 Å². The molecule has 0 spiro atoms. The molecule has 1 atom stereocenters. The molecule has 6 nitrogen and oxygen atoms in total. The first-order chi connectivity index (χ1) is 10.4. The molecule has 0 radical (unpaired) electrons. The van der Waals surface area contributed by atoms with Gasteiger partial charge in [0.15, 0.2) is 0 Å². The Morgan fingerprint density at radius 3 is 2.32 bits per heavy atom. The monoisotopic (exact) mass is 331 g/mol. The van der Waals surface area contributed by atoms with E-state index in [1.54, 1.807) is 0 Å². The molecule has 7 heteroatoms. The average Bonchev–Trinajstić information content (AvgIpc) is 2.97. The number of sulfonamides is 1. The average molecular weight is 331 g/mol. The maximum atomic E-state index is 12.2. The maximum Gasteiger partial charge on any atom is 0.223 e. The SMILES string of the molecule is C[C@H](CNC(=O)C1CCN(S(C)(=O)=O)CC1)CN1CCCC1. The summed E-state index contributed by atoms with van der Waals surface area (Å²) in [6, 6.07) is 0. The van der Waals surface area contributed by atoms with E-state index in [1.807, 2.05) is 0 Å². The van der Waals surface area contributed by atoms with Gasteiger partial charge in [-0.25, -0.2) is 12.7 Å². The third-order valence-electron chi connectivity index (χ3n) is 4.69. The van der Waals surface area contributed by atoms with Gasteiger partial charge in [-0.3, -0.25) is 4.79 Å². The van der Waals surface area contributed by atoms with Crippen molar-refractivity contribution in [2.45, 2.75) is 32.6 Å². The number of rotatable bonds is 6. The van der Waals surface area contributed by atoms with Crippen molar-refractivity contribution in [3.63, 3.8) is 0 Å². The molecule has 2 rings (SSSR count). The smallest absolute Gasteiger partial charge is 0.223 e. The molecule has 0 aromatic carbocycles. The van der Waals surface area contributed by atoms with Crippen molar-refractivity contribution in [2.75, 3.05) is 45.5 Å². The molecular weight excluding hydrogens is 302 g/mol. The summed E-state index contributed by atoms with van der Waals surface area (Å²) in [7, 11) is -3.12. The number of nitrogens with zero attached hydrogens (tertiary/aromatic N) is 2. The van der Waals surface area contributed by atoms with Crippen molar-refractivity contribution in [1.29, 1.82) is 0 Å². The molecule has 2 heterocycles. The van der Waals surface area contributed by atoms with Crippen LogP contribution in [-0.2, 0) is 14.8 Å². The van der Waals surface area contributed by atoms with Crippen LogP contribution in [0, 0.1) is 11.8 Å². The minimum atomic E-state index is -3.12. The van der Waals surface area contributed by atoms with Gasteiger partial charge in [0, 0.05) is 32.1 Å². The van der Waals surface area contributed by atoms with Gasteiger partial charge in [0.2, 0.25) is 15.9 Å². The number of carbonyl (C=O) groups excluding carboxylic acids is 1. The first-order valence-electron chi connectivity index (χ1n) is 8.31. The minimum absolute atomic E-state index is 0.0445. The van der Waals surface area contributed by atoms with Crippen molar-refractivity contribution in [2.24, 2.45) is 11.8 Å². The third kappa shape index (κ3) is 5.21. The summed E-state index contributed by atoms with van der Waals surface area (Å²) >= 11 is 0. The summed E-state index contributed by atoms with van der Waals surface area (Å²) in [5, 5.41) is 3.05. The first-order valence-corrected chi connectivity index (χ1v) is 10.2. The van der Waals surface area contributed by atoms with E-state index in [4.69, 9.17) is 0 Å². The van der Waals surface area contributed by atoms with Crippen molar-refractivity contribution in [3.8, 4) is 0 Å². The van der Waals surface area contributed by atoms with Crippen LogP contribution in [0.2, 0.25) is 0 Å². The number of likely N-dealkylation sites (tertiary alicyclic amines) is 1. The zero-order chi connectivity index (χ0) is 16.2. The van der Waals surface area contributed by atoms with E-state index in [1.165, 1.54) is 36.5 Å². The largest absolute Gasteiger partial charge is 0.356 e. The molecule has 0 aromatic rings. The lowest BCUT2D eigenvalue weighted by atomic mass is 9.97. The van der Waals surface area contributed by atoms with Gasteiger partial charge in [0.1, 0.15) is 0 Å². The Labute approximate surface area is 134 Å². The van der Waals surface area contributed by atoms with E-state index in [0.717, 1.165) is 6.54 Å². The molecule has 0 aromatic heterocycles. The highest BCUT2D eigenvalue weighted by Crippen LogP contribution is 2.19. The lowest BCUT2D eigenvalue weighted by molar-refractivity contribution is -0.126. The molecule has 2 saturated heterocycles. The van der Waals surface area contributed by atoms with Crippen LogP contribution in [0.3, 0.4) is 0 Å². The van der Waals surface area contributed by atoms with Gasteiger partial charge in [-0.15, -0.1) is 0 Å². The first kappa shape index (κ1) is 17.7. The van der Waals surface area contributed by atoms with Gasteiger partial charge in [-0.05, 0) is 44.7 Å². The van der Waals surface area contributed by atoms with E-state index < -0.39 is 10.0 Å². The second kappa shape index (κ2) is 7.75. The van der Waals surface area contributed by atoms with Crippen molar-refractivity contribution in [3.05, 3.63) is 0 Å². The van der Waals surface area contributed by atoms with Gasteiger partial charge in [-0.1, -0.05) is 6.92 Å². The van der Waals surface area contributed by atoms with Crippen LogP contribution in [0.1, 0.15) is 32.6 Å². The standard InChI is InChI=1S/C15H29N3O3S/c1-13(12-17-7-3-4-8-17)11-16-15(19)14-5-9-18(10-6-14)22(2,20)21/h13-14H,3-12H2,1-2H3,(H,16,19)/t13-/m1/s1. The molecule has 0 bridgehead atoms. The van der Waals surface area contributed by atoms with Crippen molar-refractivity contribution < 1.29 is 13.2 Å². The quantitative estimate of drug-likeness (QED) is 0.770. The van der Waals surface area contributed by atoms with Gasteiger partial charge in [0.25, 0.3) is 0 Å². The van der Waals surface area contributed by atoms with Crippen molar-refractivity contribution >= 4 is 15.9 Å². The molecule has 0 saturated carbocycles. The fraction of sp³-hybridized carbons (Fsp3) is 0.933. The van der Waals surface area contributed by atoms with Crippen LogP contribution in [0.4, 0.5) is 0 Å². The molecule has 2 aliphatic heterocycles. The normalized spacial score (nSPS) is 23.5. The van der Waals surface area contributed by atoms with Crippen LogP contribution >= 0.6 is 0 Å². The highest BCUT2D eigenvalue weighted by Gasteiger charge is 2.29. The maximum absolute atomic E-state index is 12.2. The summed E-state index contributed by atoms with van der Waals surface area (Å²) in [6.45, 7) is 7.21.